The van der Waals surface area contributed by atoms with Crippen molar-refractivity contribution in [2.24, 2.45) is 0 Å². The van der Waals surface area contributed by atoms with E-state index in [1.807, 2.05) is 0 Å². The van der Waals surface area contributed by atoms with Gasteiger partial charge in [-0.15, -0.1) is 0 Å². The van der Waals surface area contributed by atoms with Gasteiger partial charge in [-0.25, -0.2) is 4.68 Å². The highest BCUT2D eigenvalue weighted by Gasteiger charge is 2.14. The van der Waals surface area contributed by atoms with Gasteiger partial charge >= 0.3 is 6.55 Å². The first kappa shape index (κ1) is 9.50. The predicted molar refractivity (Wildman–Crippen MR) is 47.6 cm³/mol. The monoisotopic (exact) mass is 213 g/mol. The number of hydrogen-bond acceptors (Lipinski definition) is 3. The lowest BCUT2D eigenvalue weighted by Crippen LogP contribution is -1.99. The van der Waals surface area contributed by atoms with Crippen molar-refractivity contribution in [3.63, 3.8) is 0 Å². The number of halogens is 2. The number of benzene rings is 1. The van der Waals surface area contributed by atoms with E-state index in [9.17, 15) is 18.9 Å². The summed E-state index contributed by atoms with van der Waals surface area (Å²) in [5.74, 6) is 0. The Labute approximate surface area is 82.1 Å². The fraction of sp³-hybridized carbons (Fsp3) is 0.125. The minimum atomic E-state index is -2.80. The SMILES string of the molecule is O=[N+]([O-])c1ccc2cnn(C(F)F)c2c1. The lowest BCUT2D eigenvalue weighted by molar-refractivity contribution is -0.384. The molecule has 0 radical (unpaired) electrons. The second-order valence-electron chi connectivity index (χ2n) is 2.87. The summed E-state index contributed by atoms with van der Waals surface area (Å²) >= 11 is 0. The quantitative estimate of drug-likeness (QED) is 0.568. The molecule has 2 rings (SSSR count). The maximum absolute atomic E-state index is 12.4. The van der Waals surface area contributed by atoms with E-state index in [0.29, 0.717) is 10.1 Å². The normalized spacial score (nSPS) is 11.1. The van der Waals surface area contributed by atoms with Crippen molar-refractivity contribution in [3.8, 4) is 0 Å². The Hall–Kier alpha value is -2.05. The number of alkyl halides is 2. The molecule has 15 heavy (non-hydrogen) atoms. The first-order valence-corrected chi connectivity index (χ1v) is 3.99. The molecule has 1 aromatic heterocycles. The van der Waals surface area contributed by atoms with Gasteiger partial charge in [-0.3, -0.25) is 10.1 Å². The lowest BCUT2D eigenvalue weighted by Gasteiger charge is -2.00. The van der Waals surface area contributed by atoms with Crippen LogP contribution in [0.4, 0.5) is 14.5 Å². The zero-order valence-corrected chi connectivity index (χ0v) is 7.30. The molecule has 0 unspecified atom stereocenters. The molecule has 0 fully saturated rings. The molecule has 0 aliphatic rings. The standard InChI is InChI=1S/C8H5F2N3O2/c9-8(10)12-7-3-6(13(14)15)2-1-5(7)4-11-12/h1-4,8H. The summed E-state index contributed by atoms with van der Waals surface area (Å²) in [5.41, 5.74) is -0.177. The summed E-state index contributed by atoms with van der Waals surface area (Å²) in [4.78, 5) is 9.80. The Morgan fingerprint density at radius 2 is 2.20 bits per heavy atom. The Morgan fingerprint density at radius 3 is 2.80 bits per heavy atom. The molecule has 0 saturated heterocycles. The van der Waals surface area contributed by atoms with Gasteiger partial charge in [0, 0.05) is 17.5 Å². The minimum absolute atomic E-state index is 0.0548. The average Bonchev–Trinajstić information content (AvgIpc) is 2.59. The van der Waals surface area contributed by atoms with Crippen LogP contribution in [0, 0.1) is 10.1 Å². The molecule has 1 heterocycles. The van der Waals surface area contributed by atoms with Gasteiger partial charge < -0.3 is 0 Å². The fourth-order valence-electron chi connectivity index (χ4n) is 1.30. The molecular weight excluding hydrogens is 208 g/mol. The lowest BCUT2D eigenvalue weighted by atomic mass is 10.2. The smallest absolute Gasteiger partial charge is 0.258 e. The van der Waals surface area contributed by atoms with Gasteiger partial charge in [0.05, 0.1) is 16.6 Å². The molecule has 7 heteroatoms. The van der Waals surface area contributed by atoms with Crippen molar-refractivity contribution in [1.82, 2.24) is 9.78 Å². The Morgan fingerprint density at radius 1 is 1.47 bits per heavy atom. The molecule has 5 nitrogen and oxygen atoms in total. The van der Waals surface area contributed by atoms with Gasteiger partial charge in [0.25, 0.3) is 5.69 Å². The molecule has 0 spiro atoms. The van der Waals surface area contributed by atoms with E-state index in [1.165, 1.54) is 18.3 Å². The number of rotatable bonds is 2. The van der Waals surface area contributed by atoms with Crippen LogP contribution in [0.2, 0.25) is 0 Å². The molecule has 0 bridgehead atoms. The highest BCUT2D eigenvalue weighted by atomic mass is 19.3. The van der Waals surface area contributed by atoms with E-state index in [4.69, 9.17) is 0 Å². The van der Waals surface area contributed by atoms with E-state index in [-0.39, 0.29) is 11.2 Å². The Kier molecular flexibility index (Phi) is 2.07. The molecular formula is C8H5F2N3O2. The van der Waals surface area contributed by atoms with Crippen LogP contribution in [-0.4, -0.2) is 14.7 Å². The number of non-ortho nitro benzene ring substituents is 1. The van der Waals surface area contributed by atoms with E-state index in [2.05, 4.69) is 5.10 Å². The second kappa shape index (κ2) is 3.26. The summed E-state index contributed by atoms with van der Waals surface area (Å²) in [6.45, 7) is -2.80. The third-order valence-corrected chi connectivity index (χ3v) is 1.98. The molecule has 0 N–H and O–H groups in total. The van der Waals surface area contributed by atoms with E-state index >= 15 is 0 Å². The van der Waals surface area contributed by atoms with E-state index < -0.39 is 11.5 Å². The third kappa shape index (κ3) is 1.51. The van der Waals surface area contributed by atoms with Crippen LogP contribution in [0.3, 0.4) is 0 Å². The summed E-state index contributed by atoms with van der Waals surface area (Å²) in [7, 11) is 0. The highest BCUT2D eigenvalue weighted by molar-refractivity contribution is 5.81. The number of aromatic nitrogens is 2. The fourth-order valence-corrected chi connectivity index (χ4v) is 1.30. The molecule has 0 amide bonds. The van der Waals surface area contributed by atoms with Crippen LogP contribution >= 0.6 is 0 Å². The van der Waals surface area contributed by atoms with Crippen LogP contribution in [0.25, 0.3) is 10.9 Å². The van der Waals surface area contributed by atoms with Crippen molar-refractivity contribution in [1.29, 1.82) is 0 Å². The van der Waals surface area contributed by atoms with Crippen molar-refractivity contribution in [2.45, 2.75) is 6.55 Å². The zero-order valence-electron chi connectivity index (χ0n) is 7.30. The van der Waals surface area contributed by atoms with Gasteiger partial charge in [-0.1, -0.05) is 0 Å². The van der Waals surface area contributed by atoms with E-state index in [0.717, 1.165) is 6.07 Å². The van der Waals surface area contributed by atoms with Gasteiger partial charge in [0.2, 0.25) is 0 Å². The van der Waals surface area contributed by atoms with Crippen LogP contribution in [0.5, 0.6) is 0 Å². The largest absolute Gasteiger partial charge is 0.333 e. The topological polar surface area (TPSA) is 61.0 Å². The van der Waals surface area contributed by atoms with Crippen molar-refractivity contribution in [3.05, 3.63) is 34.5 Å². The number of nitro benzene ring substituents is 1. The molecule has 0 aliphatic carbocycles. The summed E-state index contributed by atoms with van der Waals surface area (Å²) in [6, 6.07) is 3.72. The third-order valence-electron chi connectivity index (χ3n) is 1.98. The molecule has 0 atom stereocenters. The van der Waals surface area contributed by atoms with Crippen LogP contribution < -0.4 is 0 Å². The first-order chi connectivity index (χ1) is 7.09. The molecule has 0 saturated carbocycles. The zero-order chi connectivity index (χ0) is 11.0. The predicted octanol–water partition coefficient (Wildman–Crippen LogP) is 2.34. The molecule has 0 aliphatic heterocycles. The van der Waals surface area contributed by atoms with Gasteiger partial charge in [0.15, 0.2) is 0 Å². The maximum atomic E-state index is 12.4. The number of fused-ring (bicyclic) bond motifs is 1. The molecule has 78 valence electrons. The summed E-state index contributed by atoms with van der Waals surface area (Å²) < 4.78 is 25.2. The highest BCUT2D eigenvalue weighted by Crippen LogP contribution is 2.23. The van der Waals surface area contributed by atoms with Gasteiger partial charge in [-0.05, 0) is 6.07 Å². The van der Waals surface area contributed by atoms with Crippen LogP contribution in [0.1, 0.15) is 6.55 Å². The number of nitro groups is 1. The van der Waals surface area contributed by atoms with Crippen molar-refractivity contribution < 1.29 is 13.7 Å². The van der Waals surface area contributed by atoms with Crippen molar-refractivity contribution in [2.75, 3.05) is 0 Å². The number of hydrogen-bond donors (Lipinski definition) is 0. The van der Waals surface area contributed by atoms with Crippen LogP contribution in [0.15, 0.2) is 24.4 Å². The van der Waals surface area contributed by atoms with Crippen LogP contribution in [-0.2, 0) is 0 Å². The van der Waals surface area contributed by atoms with Gasteiger partial charge in [-0.2, -0.15) is 13.9 Å². The number of nitrogens with zero attached hydrogens (tertiary/aromatic N) is 3. The Bertz CT molecular complexity index is 524. The summed E-state index contributed by atoms with van der Waals surface area (Å²) in [6.07, 6.45) is 1.24. The maximum Gasteiger partial charge on any atom is 0.333 e. The first-order valence-electron chi connectivity index (χ1n) is 3.99. The summed E-state index contributed by atoms with van der Waals surface area (Å²) in [5, 5.41) is 14.3. The average molecular weight is 213 g/mol. The Balaban J connectivity index is 2.66. The van der Waals surface area contributed by atoms with Crippen molar-refractivity contribution >= 4 is 16.6 Å². The second-order valence-corrected chi connectivity index (χ2v) is 2.87. The molecule has 1 aromatic carbocycles. The van der Waals surface area contributed by atoms with E-state index in [1.54, 1.807) is 0 Å². The minimum Gasteiger partial charge on any atom is -0.258 e. The molecule has 2 aromatic rings. The van der Waals surface area contributed by atoms with Gasteiger partial charge in [0.1, 0.15) is 0 Å².